The molecule has 0 atom stereocenters. The fourth-order valence-corrected chi connectivity index (χ4v) is 4.23. The zero-order valence-electron chi connectivity index (χ0n) is 24.2. The van der Waals surface area contributed by atoms with Crippen molar-refractivity contribution in [3.8, 4) is 17.0 Å². The Balaban J connectivity index is 1.55. The van der Waals surface area contributed by atoms with Crippen LogP contribution in [0.25, 0.3) is 11.3 Å². The number of carbonyl (C=O) groups excluding carboxylic acids is 2. The number of hydrogen-bond acceptors (Lipinski definition) is 7. The van der Waals surface area contributed by atoms with Crippen LogP contribution >= 0.6 is 0 Å². The molecule has 0 unspecified atom stereocenters. The number of aryl methyl sites for hydroxylation is 1. The van der Waals surface area contributed by atoms with Crippen molar-refractivity contribution in [2.75, 3.05) is 13.2 Å². The molecule has 0 saturated heterocycles. The molecule has 8 heteroatoms. The number of rotatable bonds is 10. The van der Waals surface area contributed by atoms with Crippen LogP contribution in [0.3, 0.4) is 0 Å². The molecule has 41 heavy (non-hydrogen) atoms. The Morgan fingerprint density at radius 2 is 1.63 bits per heavy atom. The van der Waals surface area contributed by atoms with Crippen molar-refractivity contribution in [2.24, 2.45) is 0 Å². The topological polar surface area (TPSA) is 103 Å². The van der Waals surface area contributed by atoms with Gasteiger partial charge in [0, 0.05) is 18.2 Å². The van der Waals surface area contributed by atoms with Crippen LogP contribution in [0.2, 0.25) is 0 Å². The monoisotopic (exact) mass is 552 g/mol. The molecule has 0 bridgehead atoms. The van der Waals surface area contributed by atoms with Crippen LogP contribution in [0, 0.1) is 6.92 Å². The lowest BCUT2D eigenvalue weighted by atomic mass is 9.86. The van der Waals surface area contributed by atoms with Gasteiger partial charge in [0.1, 0.15) is 19.0 Å². The van der Waals surface area contributed by atoms with Crippen LogP contribution in [-0.2, 0) is 28.0 Å². The first-order chi connectivity index (χ1) is 19.6. The lowest BCUT2D eigenvalue weighted by Gasteiger charge is -2.19. The summed E-state index contributed by atoms with van der Waals surface area (Å²) in [5.74, 6) is -0.357. The molecule has 0 fully saturated rings. The van der Waals surface area contributed by atoms with Gasteiger partial charge in [0.05, 0.1) is 18.0 Å². The lowest BCUT2D eigenvalue weighted by molar-refractivity contribution is -0.141. The van der Waals surface area contributed by atoms with Gasteiger partial charge in [-0.3, -0.25) is 14.6 Å². The Morgan fingerprint density at radius 1 is 0.902 bits per heavy atom. The molecule has 1 N–H and O–H groups in total. The molecule has 212 valence electrons. The van der Waals surface area contributed by atoms with Crippen molar-refractivity contribution in [1.29, 1.82) is 0 Å². The third-order valence-corrected chi connectivity index (χ3v) is 6.45. The number of pyridine rings is 1. The number of hydrogen-bond donors (Lipinski definition) is 1. The van der Waals surface area contributed by atoms with Gasteiger partial charge in [-0.2, -0.15) is 0 Å². The molecule has 2 aromatic carbocycles. The highest BCUT2D eigenvalue weighted by molar-refractivity contribution is 5.96. The van der Waals surface area contributed by atoms with E-state index >= 15 is 0 Å². The van der Waals surface area contributed by atoms with Crippen molar-refractivity contribution in [3.63, 3.8) is 0 Å². The maximum absolute atomic E-state index is 13.1. The second kappa shape index (κ2) is 13.2. The van der Waals surface area contributed by atoms with Gasteiger partial charge in [-0.15, -0.1) is 0 Å². The molecular formula is C33H36N4O4. The van der Waals surface area contributed by atoms with E-state index in [4.69, 9.17) is 9.47 Å². The van der Waals surface area contributed by atoms with Gasteiger partial charge in [0.25, 0.3) is 5.91 Å². The lowest BCUT2D eigenvalue weighted by Crippen LogP contribution is -2.32. The van der Waals surface area contributed by atoms with Gasteiger partial charge in [-0.1, -0.05) is 81.4 Å². The first-order valence-electron chi connectivity index (χ1n) is 13.7. The third-order valence-electron chi connectivity index (χ3n) is 6.45. The number of carbonyl (C=O) groups is 2. The summed E-state index contributed by atoms with van der Waals surface area (Å²) in [6.45, 7) is 10.3. The molecular weight excluding hydrogens is 516 g/mol. The van der Waals surface area contributed by atoms with E-state index in [0.29, 0.717) is 17.9 Å². The predicted octanol–water partition coefficient (Wildman–Crippen LogP) is 5.61. The van der Waals surface area contributed by atoms with Gasteiger partial charge in [-0.25, -0.2) is 9.97 Å². The summed E-state index contributed by atoms with van der Waals surface area (Å²) in [6, 6.07) is 22.0. The van der Waals surface area contributed by atoms with Crippen LogP contribution in [0.15, 0.2) is 72.9 Å². The van der Waals surface area contributed by atoms with Gasteiger partial charge >= 0.3 is 5.97 Å². The smallest absolute Gasteiger partial charge is 0.325 e. The molecule has 0 aliphatic rings. The van der Waals surface area contributed by atoms with E-state index in [1.165, 1.54) is 5.56 Å². The first kappa shape index (κ1) is 29.4. The molecule has 4 rings (SSSR count). The minimum absolute atomic E-state index is 0.0660. The zero-order valence-corrected chi connectivity index (χ0v) is 24.2. The molecule has 8 nitrogen and oxygen atoms in total. The fraction of sp³-hybridized carbons (Fsp3) is 0.303. The second-order valence-corrected chi connectivity index (χ2v) is 10.7. The highest BCUT2D eigenvalue weighted by atomic mass is 16.5. The average Bonchev–Trinajstić information content (AvgIpc) is 2.96. The Labute approximate surface area is 241 Å². The van der Waals surface area contributed by atoms with E-state index in [1.807, 2.05) is 42.5 Å². The van der Waals surface area contributed by atoms with Crippen LogP contribution in [0.5, 0.6) is 5.75 Å². The van der Waals surface area contributed by atoms with Crippen molar-refractivity contribution >= 4 is 11.9 Å². The van der Waals surface area contributed by atoms with Gasteiger partial charge in [0.15, 0.2) is 11.4 Å². The Hall–Kier alpha value is -4.59. The SMILES string of the molecule is CCOC(=O)CNC(=O)c1nc(Cc2ccc(-c3ccc(C(C)(C)C)cc3)nc2)nc(C)c1OCc1ccccc1. The van der Waals surface area contributed by atoms with E-state index in [1.54, 1.807) is 20.0 Å². The summed E-state index contributed by atoms with van der Waals surface area (Å²) in [7, 11) is 0. The zero-order chi connectivity index (χ0) is 29.4. The average molecular weight is 553 g/mol. The third kappa shape index (κ3) is 7.97. The van der Waals surface area contributed by atoms with Crippen molar-refractivity contribution in [3.05, 3.63) is 107 Å². The van der Waals surface area contributed by atoms with Crippen LogP contribution in [0.4, 0.5) is 0 Å². The van der Waals surface area contributed by atoms with Crippen molar-refractivity contribution < 1.29 is 19.1 Å². The summed E-state index contributed by atoms with van der Waals surface area (Å²) >= 11 is 0. The molecule has 1 amide bonds. The quantitative estimate of drug-likeness (QED) is 0.255. The van der Waals surface area contributed by atoms with Crippen LogP contribution < -0.4 is 10.1 Å². The molecule has 0 aliphatic heterocycles. The van der Waals surface area contributed by atoms with Crippen molar-refractivity contribution in [1.82, 2.24) is 20.3 Å². The van der Waals surface area contributed by atoms with Crippen LogP contribution in [-0.4, -0.2) is 40.0 Å². The summed E-state index contributed by atoms with van der Waals surface area (Å²) in [6.07, 6.45) is 2.17. The summed E-state index contributed by atoms with van der Waals surface area (Å²) in [5, 5.41) is 2.58. The van der Waals surface area contributed by atoms with E-state index in [0.717, 1.165) is 22.4 Å². The van der Waals surface area contributed by atoms with Crippen LogP contribution in [0.1, 0.15) is 66.4 Å². The molecule has 0 spiro atoms. The summed E-state index contributed by atoms with van der Waals surface area (Å²) in [5.41, 5.74) is 5.69. The van der Waals surface area contributed by atoms with Gasteiger partial charge in [-0.05, 0) is 42.0 Å². The first-order valence-corrected chi connectivity index (χ1v) is 13.7. The number of benzene rings is 2. The van der Waals surface area contributed by atoms with E-state index in [2.05, 4.69) is 65.3 Å². The van der Waals surface area contributed by atoms with E-state index in [9.17, 15) is 9.59 Å². The molecule has 2 heterocycles. The molecule has 4 aromatic rings. The standard InChI is InChI=1S/C33H36N4O4/c1-6-40-29(38)20-35-32(39)30-31(41-21-23-10-8-7-9-11-23)22(2)36-28(37-30)18-24-12-17-27(34-19-24)25-13-15-26(16-14-25)33(3,4)5/h7-17,19H,6,18,20-21H2,1-5H3,(H,35,39). The van der Waals surface area contributed by atoms with Crippen molar-refractivity contribution in [2.45, 2.75) is 53.1 Å². The minimum atomic E-state index is -0.542. The van der Waals surface area contributed by atoms with Gasteiger partial charge in [0.2, 0.25) is 0 Å². The number of ether oxygens (including phenoxy) is 2. The number of esters is 1. The molecule has 0 radical (unpaired) electrons. The summed E-state index contributed by atoms with van der Waals surface area (Å²) in [4.78, 5) is 38.8. The maximum Gasteiger partial charge on any atom is 0.325 e. The number of nitrogens with one attached hydrogen (secondary N) is 1. The predicted molar refractivity (Wildman–Crippen MR) is 158 cm³/mol. The number of aromatic nitrogens is 3. The Bertz CT molecular complexity index is 1480. The molecule has 2 aromatic heterocycles. The largest absolute Gasteiger partial charge is 0.485 e. The summed E-state index contributed by atoms with van der Waals surface area (Å²) < 4.78 is 10.9. The fourth-order valence-electron chi connectivity index (χ4n) is 4.23. The maximum atomic E-state index is 13.1. The number of nitrogens with zero attached hydrogens (tertiary/aromatic N) is 3. The molecule has 0 aliphatic carbocycles. The normalized spacial score (nSPS) is 11.1. The van der Waals surface area contributed by atoms with Gasteiger partial charge < -0.3 is 14.8 Å². The van der Waals surface area contributed by atoms with E-state index in [-0.39, 0.29) is 36.6 Å². The number of amides is 1. The second-order valence-electron chi connectivity index (χ2n) is 10.7. The highest BCUT2D eigenvalue weighted by Crippen LogP contribution is 2.26. The minimum Gasteiger partial charge on any atom is -0.485 e. The Morgan fingerprint density at radius 3 is 2.27 bits per heavy atom. The Kier molecular flexibility index (Phi) is 9.45. The van der Waals surface area contributed by atoms with E-state index < -0.39 is 11.9 Å². The molecule has 0 saturated carbocycles. The highest BCUT2D eigenvalue weighted by Gasteiger charge is 2.21.